The largest absolute Gasteiger partial charge is 0.347 e. The van der Waals surface area contributed by atoms with Crippen LogP contribution in [0.4, 0.5) is 11.4 Å². The normalized spacial score (nSPS) is 22.4. The van der Waals surface area contributed by atoms with Crippen LogP contribution in [0.15, 0.2) is 72.5 Å². The lowest BCUT2D eigenvalue weighted by Crippen LogP contribution is -2.26. The maximum Gasteiger partial charge on any atom is 0.209 e. The van der Waals surface area contributed by atoms with E-state index in [4.69, 9.17) is 0 Å². The first-order chi connectivity index (χ1) is 12.4. The SMILES string of the molecule is CC1C(=CC=CC2=[N+](C)c3ccccc3C2(C)C)N(C)c2ccccc21. The Kier molecular flexibility index (Phi) is 3.87. The first kappa shape index (κ1) is 16.8. The number of rotatable bonds is 2. The topological polar surface area (TPSA) is 6.25 Å². The van der Waals surface area contributed by atoms with Gasteiger partial charge in [0.05, 0.1) is 5.41 Å². The molecule has 0 amide bonds. The Morgan fingerprint density at radius 2 is 1.73 bits per heavy atom. The van der Waals surface area contributed by atoms with E-state index < -0.39 is 0 Å². The lowest BCUT2D eigenvalue weighted by Gasteiger charge is -2.16. The van der Waals surface area contributed by atoms with Gasteiger partial charge in [0.1, 0.15) is 7.05 Å². The van der Waals surface area contributed by atoms with Crippen LogP contribution in [0, 0.1) is 0 Å². The highest BCUT2D eigenvalue weighted by Crippen LogP contribution is 2.42. The predicted molar refractivity (Wildman–Crippen MR) is 111 cm³/mol. The van der Waals surface area contributed by atoms with Crippen molar-refractivity contribution in [3.05, 3.63) is 83.6 Å². The second-order valence-corrected chi connectivity index (χ2v) is 7.88. The Morgan fingerprint density at radius 3 is 2.46 bits per heavy atom. The second-order valence-electron chi connectivity index (χ2n) is 7.88. The Labute approximate surface area is 156 Å². The van der Waals surface area contributed by atoms with Crippen molar-refractivity contribution < 1.29 is 4.58 Å². The van der Waals surface area contributed by atoms with Crippen molar-refractivity contribution in [1.29, 1.82) is 0 Å². The molecule has 2 heterocycles. The van der Waals surface area contributed by atoms with E-state index in [1.54, 1.807) is 0 Å². The van der Waals surface area contributed by atoms with Gasteiger partial charge in [-0.15, -0.1) is 0 Å². The average Bonchev–Trinajstić information content (AvgIpc) is 3.00. The van der Waals surface area contributed by atoms with E-state index in [-0.39, 0.29) is 5.41 Å². The van der Waals surface area contributed by atoms with Crippen LogP contribution in [-0.4, -0.2) is 24.4 Å². The molecule has 2 aliphatic heterocycles. The zero-order chi connectivity index (χ0) is 18.5. The van der Waals surface area contributed by atoms with Gasteiger partial charge in [0.15, 0.2) is 5.71 Å². The molecule has 2 heteroatoms. The molecule has 0 aromatic heterocycles. The highest BCUT2D eigenvalue weighted by molar-refractivity contribution is 6.03. The van der Waals surface area contributed by atoms with Crippen LogP contribution in [-0.2, 0) is 5.41 Å². The summed E-state index contributed by atoms with van der Waals surface area (Å²) in [4.78, 5) is 2.31. The number of likely N-dealkylation sites (N-methyl/N-ethyl adjacent to an activating group) is 1. The molecule has 0 spiro atoms. The van der Waals surface area contributed by atoms with Gasteiger partial charge in [0, 0.05) is 42.1 Å². The van der Waals surface area contributed by atoms with Gasteiger partial charge in [-0.1, -0.05) is 49.4 Å². The molecule has 0 saturated carbocycles. The number of hydrogen-bond acceptors (Lipinski definition) is 1. The summed E-state index contributed by atoms with van der Waals surface area (Å²) >= 11 is 0. The fourth-order valence-corrected chi connectivity index (χ4v) is 4.54. The molecule has 1 unspecified atom stereocenters. The third-order valence-electron chi connectivity index (χ3n) is 6.06. The lowest BCUT2D eigenvalue weighted by molar-refractivity contribution is -0.401. The van der Waals surface area contributed by atoms with Gasteiger partial charge in [-0.3, -0.25) is 0 Å². The van der Waals surface area contributed by atoms with Crippen molar-refractivity contribution in [2.45, 2.75) is 32.1 Å². The summed E-state index contributed by atoms with van der Waals surface area (Å²) in [6.45, 7) is 6.90. The summed E-state index contributed by atoms with van der Waals surface area (Å²) in [7, 11) is 4.33. The van der Waals surface area contributed by atoms with E-state index in [0.29, 0.717) is 5.92 Å². The molecule has 2 aliphatic rings. The molecule has 132 valence electrons. The third kappa shape index (κ3) is 2.36. The quantitative estimate of drug-likeness (QED) is 0.663. The summed E-state index contributed by atoms with van der Waals surface area (Å²) in [6, 6.07) is 17.4. The maximum absolute atomic E-state index is 2.32. The van der Waals surface area contributed by atoms with Crippen LogP contribution in [0.5, 0.6) is 0 Å². The molecule has 0 fully saturated rings. The molecular weight excluding hydrogens is 316 g/mol. The summed E-state index contributed by atoms with van der Waals surface area (Å²) in [5, 5.41) is 0. The smallest absolute Gasteiger partial charge is 0.209 e. The van der Waals surface area contributed by atoms with Gasteiger partial charge >= 0.3 is 0 Å². The first-order valence-electron chi connectivity index (χ1n) is 9.34. The minimum Gasteiger partial charge on any atom is -0.347 e. The number of allylic oxidation sites excluding steroid dienone is 4. The van der Waals surface area contributed by atoms with Crippen molar-refractivity contribution in [1.82, 2.24) is 0 Å². The molecule has 2 nitrogen and oxygen atoms in total. The van der Waals surface area contributed by atoms with Crippen LogP contribution in [0.1, 0.15) is 37.8 Å². The fraction of sp³-hybridized carbons (Fsp3) is 0.292. The molecule has 26 heavy (non-hydrogen) atoms. The van der Waals surface area contributed by atoms with E-state index in [1.807, 2.05) is 0 Å². The van der Waals surface area contributed by atoms with E-state index in [9.17, 15) is 0 Å². The van der Waals surface area contributed by atoms with E-state index in [2.05, 4.69) is 111 Å². The van der Waals surface area contributed by atoms with Crippen molar-refractivity contribution in [2.24, 2.45) is 0 Å². The number of para-hydroxylation sites is 2. The summed E-state index contributed by atoms with van der Waals surface area (Å²) < 4.78 is 2.32. The van der Waals surface area contributed by atoms with Crippen molar-refractivity contribution in [3.63, 3.8) is 0 Å². The Bertz CT molecular complexity index is 929. The minimum absolute atomic E-state index is 0.0243. The predicted octanol–water partition coefficient (Wildman–Crippen LogP) is 5.39. The average molecular weight is 343 g/mol. The monoisotopic (exact) mass is 343 g/mol. The summed E-state index contributed by atoms with van der Waals surface area (Å²) in [5.74, 6) is 0.428. The second kappa shape index (κ2) is 5.98. The minimum atomic E-state index is 0.0243. The number of anilines is 1. The maximum atomic E-state index is 2.32. The van der Waals surface area contributed by atoms with Crippen molar-refractivity contribution in [3.8, 4) is 0 Å². The van der Waals surface area contributed by atoms with Crippen molar-refractivity contribution >= 4 is 17.1 Å². The van der Waals surface area contributed by atoms with Gasteiger partial charge in [0.25, 0.3) is 0 Å². The van der Waals surface area contributed by atoms with Crippen LogP contribution < -0.4 is 4.90 Å². The van der Waals surface area contributed by atoms with Crippen molar-refractivity contribution in [2.75, 3.05) is 19.0 Å². The van der Waals surface area contributed by atoms with Gasteiger partial charge in [-0.25, -0.2) is 0 Å². The highest BCUT2D eigenvalue weighted by atomic mass is 15.1. The van der Waals surface area contributed by atoms with E-state index >= 15 is 0 Å². The van der Waals surface area contributed by atoms with Crippen LogP contribution in [0.3, 0.4) is 0 Å². The Morgan fingerprint density at radius 1 is 1.04 bits per heavy atom. The highest BCUT2D eigenvalue weighted by Gasteiger charge is 2.42. The molecule has 0 aliphatic carbocycles. The zero-order valence-electron chi connectivity index (χ0n) is 16.3. The Hall–Kier alpha value is -2.61. The number of fused-ring (bicyclic) bond motifs is 2. The Balaban J connectivity index is 1.66. The van der Waals surface area contributed by atoms with E-state index in [1.165, 1.54) is 33.9 Å². The number of benzene rings is 2. The molecule has 0 radical (unpaired) electrons. The zero-order valence-corrected chi connectivity index (χ0v) is 16.3. The molecule has 1 atom stereocenters. The fourth-order valence-electron chi connectivity index (χ4n) is 4.54. The molecule has 4 rings (SSSR count). The van der Waals surface area contributed by atoms with Crippen LogP contribution in [0.25, 0.3) is 0 Å². The molecule has 2 aromatic rings. The molecule has 0 bridgehead atoms. The lowest BCUT2D eigenvalue weighted by atomic mass is 9.81. The summed E-state index contributed by atoms with van der Waals surface area (Å²) in [5.41, 5.74) is 8.14. The number of hydrogen-bond donors (Lipinski definition) is 0. The van der Waals surface area contributed by atoms with Gasteiger partial charge in [0.2, 0.25) is 5.69 Å². The molecule has 0 saturated heterocycles. The van der Waals surface area contributed by atoms with Gasteiger partial charge in [-0.05, 0) is 31.6 Å². The van der Waals surface area contributed by atoms with Crippen LogP contribution >= 0.6 is 0 Å². The summed E-state index contributed by atoms with van der Waals surface area (Å²) in [6.07, 6.45) is 6.76. The standard InChI is InChI=1S/C24H27N2/c1-17-18-11-6-8-13-21(18)25(4)20(17)15-10-16-23-24(2,3)19-12-7-9-14-22(19)26(23)5/h6-17H,1-5H3/q+1. The van der Waals surface area contributed by atoms with Crippen LogP contribution in [0.2, 0.25) is 0 Å². The molecule has 0 N–H and O–H groups in total. The first-order valence-corrected chi connectivity index (χ1v) is 9.34. The molecule has 2 aromatic carbocycles. The van der Waals surface area contributed by atoms with E-state index in [0.717, 1.165) is 0 Å². The number of nitrogens with zero attached hydrogens (tertiary/aromatic N) is 2. The molecular formula is C24H27N2+. The third-order valence-corrected chi connectivity index (χ3v) is 6.06. The van der Waals surface area contributed by atoms with Gasteiger partial charge < -0.3 is 4.90 Å². The van der Waals surface area contributed by atoms with Gasteiger partial charge in [-0.2, -0.15) is 4.58 Å².